The van der Waals surface area contributed by atoms with Gasteiger partial charge in [0.25, 0.3) is 0 Å². The Labute approximate surface area is 196 Å². The molecule has 0 radical (unpaired) electrons. The zero-order valence-corrected chi connectivity index (χ0v) is 21.2. The first kappa shape index (κ1) is 21.0. The fourth-order valence-electron chi connectivity index (χ4n) is 4.92. The van der Waals surface area contributed by atoms with Gasteiger partial charge in [-0.05, 0) is 0 Å². The molecule has 0 bridgehead atoms. The Morgan fingerprint density at radius 2 is 0.839 bits per heavy atom. The van der Waals surface area contributed by atoms with Crippen molar-refractivity contribution in [2.75, 3.05) is 11.5 Å². The molecule has 154 valence electrons. The summed E-state index contributed by atoms with van der Waals surface area (Å²) in [5.41, 5.74) is 1.47. The topological polar surface area (TPSA) is 0 Å². The van der Waals surface area contributed by atoms with Gasteiger partial charge in [0.1, 0.15) is 0 Å². The Balaban J connectivity index is 1.94. The first-order valence-corrected chi connectivity index (χ1v) is 17.0. The normalized spacial score (nSPS) is 16.0. The van der Waals surface area contributed by atoms with E-state index >= 15 is 0 Å². The van der Waals surface area contributed by atoms with Crippen molar-refractivity contribution < 1.29 is 0 Å². The van der Waals surface area contributed by atoms with Crippen LogP contribution >= 0.6 is 23.5 Å². The van der Waals surface area contributed by atoms with Crippen LogP contribution in [0.2, 0.25) is 0 Å². The van der Waals surface area contributed by atoms with Crippen molar-refractivity contribution >= 4 is 50.0 Å². The Bertz CT molecular complexity index is 996. The van der Waals surface area contributed by atoms with Gasteiger partial charge in [-0.1, -0.05) is 0 Å². The van der Waals surface area contributed by atoms with Gasteiger partial charge in [-0.15, -0.1) is 0 Å². The molecule has 0 aliphatic carbocycles. The first-order chi connectivity index (χ1) is 15.4. The summed E-state index contributed by atoms with van der Waals surface area (Å²) in [6.45, 7) is 0. The molecule has 0 atom stereocenters. The van der Waals surface area contributed by atoms with E-state index in [1.807, 2.05) is 0 Å². The molecule has 0 unspecified atom stereocenters. The maximum absolute atomic E-state index is 3.25. The van der Waals surface area contributed by atoms with E-state index in [1.54, 1.807) is 0 Å². The fraction of sp³-hybridized carbons (Fsp3) is 0.143. The van der Waals surface area contributed by atoms with Crippen LogP contribution in [0.3, 0.4) is 0 Å². The summed E-state index contributed by atoms with van der Waals surface area (Å²) in [6.07, 6.45) is 1.28. The molecule has 0 aromatic heterocycles. The van der Waals surface area contributed by atoms with E-state index in [-0.39, 0.29) is 2.91 Å². The molecule has 31 heavy (non-hydrogen) atoms. The number of benzene rings is 4. The predicted molar refractivity (Wildman–Crippen MR) is 142 cm³/mol. The van der Waals surface area contributed by atoms with Gasteiger partial charge in [-0.3, -0.25) is 0 Å². The quantitative estimate of drug-likeness (QED) is 0.337. The molecular weight excluding hydrogens is 473 g/mol. The fourth-order valence-corrected chi connectivity index (χ4v) is 25.9. The van der Waals surface area contributed by atoms with Gasteiger partial charge in [0, 0.05) is 0 Å². The van der Waals surface area contributed by atoms with E-state index in [0.29, 0.717) is 0 Å². The third-order valence-corrected chi connectivity index (χ3v) is 24.4. The summed E-state index contributed by atoms with van der Waals surface area (Å²) in [4.78, 5) is 0. The van der Waals surface area contributed by atoms with E-state index in [2.05, 4.69) is 145 Å². The zero-order valence-electron chi connectivity index (χ0n) is 17.5. The van der Waals surface area contributed by atoms with Crippen LogP contribution in [-0.2, 0) is 2.91 Å². The van der Waals surface area contributed by atoms with Crippen molar-refractivity contribution in [2.45, 2.75) is 9.33 Å². The molecule has 1 saturated heterocycles. The number of hydrogen-bond donors (Lipinski definition) is 0. The van der Waals surface area contributed by atoms with E-state index in [9.17, 15) is 0 Å². The van der Waals surface area contributed by atoms with Crippen LogP contribution in [0.1, 0.15) is 12.0 Å². The van der Waals surface area contributed by atoms with Crippen molar-refractivity contribution in [2.24, 2.45) is 0 Å². The van der Waals surface area contributed by atoms with Crippen LogP contribution in [0.25, 0.3) is 0 Å². The van der Waals surface area contributed by atoms with E-state index in [4.69, 9.17) is 0 Å². The molecular formula is C28H26GeS2. The van der Waals surface area contributed by atoms with E-state index in [1.165, 1.54) is 36.7 Å². The molecule has 1 heterocycles. The Kier molecular flexibility index (Phi) is 6.31. The summed E-state index contributed by atoms with van der Waals surface area (Å²) in [6, 6.07) is 45.6. The predicted octanol–water partition coefficient (Wildman–Crippen LogP) is 5.42. The molecule has 5 rings (SSSR count). The number of hydrogen-bond acceptors (Lipinski definition) is 2. The van der Waals surface area contributed by atoms with E-state index in [0.717, 1.165) is 0 Å². The van der Waals surface area contributed by atoms with Crippen LogP contribution in [0.5, 0.6) is 0 Å². The van der Waals surface area contributed by atoms with Crippen molar-refractivity contribution in [3.8, 4) is 0 Å². The minimum atomic E-state index is -3.25. The number of rotatable bonds is 5. The summed E-state index contributed by atoms with van der Waals surface area (Å²) in [5.74, 6) is 2.42. The molecule has 0 amide bonds. The van der Waals surface area contributed by atoms with Crippen LogP contribution in [0, 0.1) is 0 Å². The maximum atomic E-state index is 2.40. The molecule has 4 aromatic carbocycles. The van der Waals surface area contributed by atoms with E-state index < -0.39 is 13.3 Å². The Hall–Kier alpha value is -1.88. The van der Waals surface area contributed by atoms with Crippen molar-refractivity contribution in [3.63, 3.8) is 0 Å². The van der Waals surface area contributed by atoms with Gasteiger partial charge in [-0.25, -0.2) is 0 Å². The summed E-state index contributed by atoms with van der Waals surface area (Å²) in [7, 11) is 0. The van der Waals surface area contributed by atoms with Crippen LogP contribution in [0.4, 0.5) is 0 Å². The molecule has 3 heteroatoms. The second kappa shape index (κ2) is 9.32. The molecule has 4 aromatic rings. The molecule has 1 aliphatic heterocycles. The molecule has 0 nitrogen and oxygen atoms in total. The SMILES string of the molecule is c1ccc([C]2([Ge]([c]3ccccc3)([c]3ccccc3)[c]3ccccc3)SCCCS2)cc1. The third kappa shape index (κ3) is 3.59. The second-order valence-corrected chi connectivity index (χ2v) is 20.6. The molecule has 0 N–H and O–H groups in total. The summed E-state index contributed by atoms with van der Waals surface area (Å²) < 4.78 is 4.62. The summed E-state index contributed by atoms with van der Waals surface area (Å²) in [5, 5.41) is 0. The van der Waals surface area contributed by atoms with Gasteiger partial charge in [-0.2, -0.15) is 0 Å². The zero-order chi connectivity index (χ0) is 21.0. The second-order valence-electron chi connectivity index (χ2n) is 7.88. The third-order valence-electron chi connectivity index (χ3n) is 6.17. The van der Waals surface area contributed by atoms with Gasteiger partial charge < -0.3 is 0 Å². The standard InChI is InChI=1S/C28H26GeS2/c1-5-14-24(15-6-1)28(30-22-13-23-31-28)29(25-16-7-2-8-17-25,26-18-9-3-10-19-26)27-20-11-4-12-21-27/h1-12,14-21H,13,22-23H2. The van der Waals surface area contributed by atoms with Crippen LogP contribution in [-0.4, -0.2) is 24.8 Å². The van der Waals surface area contributed by atoms with Gasteiger partial charge in [0.15, 0.2) is 0 Å². The number of thioether (sulfide) groups is 2. The average molecular weight is 499 g/mol. The monoisotopic (exact) mass is 500 g/mol. The molecule has 0 saturated carbocycles. The van der Waals surface area contributed by atoms with Gasteiger partial charge in [0.05, 0.1) is 0 Å². The van der Waals surface area contributed by atoms with Crippen molar-refractivity contribution in [3.05, 3.63) is 127 Å². The van der Waals surface area contributed by atoms with Crippen LogP contribution < -0.4 is 13.2 Å². The Morgan fingerprint density at radius 3 is 1.23 bits per heavy atom. The summed E-state index contributed by atoms with van der Waals surface area (Å²) >= 11 is 1.16. The minimum absolute atomic E-state index is 0.0174. The van der Waals surface area contributed by atoms with Crippen LogP contribution in [0.15, 0.2) is 121 Å². The van der Waals surface area contributed by atoms with Crippen molar-refractivity contribution in [1.29, 1.82) is 0 Å². The molecule has 0 spiro atoms. The van der Waals surface area contributed by atoms with Gasteiger partial charge >= 0.3 is 198 Å². The van der Waals surface area contributed by atoms with Gasteiger partial charge in [0.2, 0.25) is 0 Å². The van der Waals surface area contributed by atoms with Crippen molar-refractivity contribution in [1.82, 2.24) is 0 Å². The molecule has 1 aliphatic rings. The first-order valence-electron chi connectivity index (χ1n) is 10.9. The average Bonchev–Trinajstić information content (AvgIpc) is 2.88. The Morgan fingerprint density at radius 1 is 0.484 bits per heavy atom. The molecule has 1 fully saturated rings.